The third kappa shape index (κ3) is 3.28. The van der Waals surface area contributed by atoms with Gasteiger partial charge in [0.05, 0.1) is 4.83 Å². The smallest absolute Gasteiger partial charge is 0.236 e. The zero-order valence-electron chi connectivity index (χ0n) is 9.83. The lowest BCUT2D eigenvalue weighted by Gasteiger charge is -2.29. The number of halogens is 3. The highest BCUT2D eigenvalue weighted by atomic mass is 79.9. The number of hydrogen-bond donors (Lipinski definition) is 0. The molecule has 0 aliphatic carbocycles. The molecule has 1 heterocycles. The highest BCUT2D eigenvalue weighted by Crippen LogP contribution is 2.19. The van der Waals surface area contributed by atoms with Crippen LogP contribution in [0, 0.1) is 11.6 Å². The van der Waals surface area contributed by atoms with E-state index < -0.39 is 11.6 Å². The molecule has 1 saturated heterocycles. The van der Waals surface area contributed by atoms with Gasteiger partial charge in [-0.05, 0) is 37.0 Å². The van der Waals surface area contributed by atoms with Gasteiger partial charge in [0.25, 0.3) is 0 Å². The van der Waals surface area contributed by atoms with Gasteiger partial charge in [-0.15, -0.1) is 0 Å². The Morgan fingerprint density at radius 1 is 1.28 bits per heavy atom. The standard InChI is InChI=1S/C13H14BrF2NO/c14-12-2-1-4-17(13(12)18)5-3-9-6-10(15)8-11(16)7-9/h6-8,12H,1-5H2. The number of hydrogen-bond acceptors (Lipinski definition) is 1. The van der Waals surface area contributed by atoms with E-state index in [9.17, 15) is 13.6 Å². The fraction of sp³-hybridized carbons (Fsp3) is 0.462. The first-order valence-electron chi connectivity index (χ1n) is 5.94. The van der Waals surface area contributed by atoms with Crippen LogP contribution in [0.5, 0.6) is 0 Å². The van der Waals surface area contributed by atoms with Gasteiger partial charge in [0.1, 0.15) is 11.6 Å². The summed E-state index contributed by atoms with van der Waals surface area (Å²) in [7, 11) is 0. The Morgan fingerprint density at radius 2 is 1.94 bits per heavy atom. The maximum absolute atomic E-state index is 13.0. The summed E-state index contributed by atoms with van der Waals surface area (Å²) in [6.07, 6.45) is 2.28. The molecule has 1 amide bonds. The van der Waals surface area contributed by atoms with Gasteiger partial charge in [-0.25, -0.2) is 8.78 Å². The SMILES string of the molecule is O=C1C(Br)CCCN1CCc1cc(F)cc(F)c1. The van der Waals surface area contributed by atoms with Gasteiger partial charge in [-0.2, -0.15) is 0 Å². The second-order valence-electron chi connectivity index (χ2n) is 4.46. The summed E-state index contributed by atoms with van der Waals surface area (Å²) in [5.41, 5.74) is 0.581. The monoisotopic (exact) mass is 317 g/mol. The van der Waals surface area contributed by atoms with Gasteiger partial charge >= 0.3 is 0 Å². The van der Waals surface area contributed by atoms with Gasteiger partial charge in [-0.3, -0.25) is 4.79 Å². The van der Waals surface area contributed by atoms with E-state index in [1.807, 2.05) is 0 Å². The molecule has 1 aromatic rings. The van der Waals surface area contributed by atoms with E-state index >= 15 is 0 Å². The number of benzene rings is 1. The molecule has 0 aromatic heterocycles. The van der Waals surface area contributed by atoms with Crippen LogP contribution >= 0.6 is 15.9 Å². The number of carbonyl (C=O) groups is 1. The molecule has 0 spiro atoms. The Hall–Kier alpha value is -0.970. The molecular formula is C13H14BrF2NO. The number of rotatable bonds is 3. The van der Waals surface area contributed by atoms with Crippen LogP contribution in [0.1, 0.15) is 18.4 Å². The van der Waals surface area contributed by atoms with Crippen LogP contribution < -0.4 is 0 Å². The average molecular weight is 318 g/mol. The first-order valence-corrected chi connectivity index (χ1v) is 6.85. The molecule has 1 aromatic carbocycles. The number of carbonyl (C=O) groups excluding carboxylic acids is 1. The summed E-state index contributed by atoms with van der Waals surface area (Å²) in [5, 5.41) is 0. The molecule has 1 atom stereocenters. The fourth-order valence-corrected chi connectivity index (χ4v) is 2.75. The Labute approximate surface area is 113 Å². The van der Waals surface area contributed by atoms with Crippen LogP contribution in [0.2, 0.25) is 0 Å². The van der Waals surface area contributed by atoms with Crippen molar-refractivity contribution >= 4 is 21.8 Å². The van der Waals surface area contributed by atoms with Gasteiger partial charge in [0.15, 0.2) is 0 Å². The summed E-state index contributed by atoms with van der Waals surface area (Å²) in [6.45, 7) is 1.22. The van der Waals surface area contributed by atoms with Crippen LogP contribution in [-0.2, 0) is 11.2 Å². The third-order valence-corrected chi connectivity index (χ3v) is 3.91. The Bertz CT molecular complexity index is 432. The summed E-state index contributed by atoms with van der Waals surface area (Å²) in [6, 6.07) is 3.47. The number of likely N-dealkylation sites (tertiary alicyclic amines) is 1. The van der Waals surface area contributed by atoms with E-state index in [0.29, 0.717) is 18.5 Å². The van der Waals surface area contributed by atoms with Crippen LogP contribution in [0.15, 0.2) is 18.2 Å². The van der Waals surface area contributed by atoms with Crippen LogP contribution in [0.3, 0.4) is 0 Å². The normalized spacial score (nSPS) is 20.3. The van der Waals surface area contributed by atoms with Crippen molar-refractivity contribution in [1.29, 1.82) is 0 Å². The van der Waals surface area contributed by atoms with Crippen molar-refractivity contribution in [2.45, 2.75) is 24.1 Å². The topological polar surface area (TPSA) is 20.3 Å². The quantitative estimate of drug-likeness (QED) is 0.785. The molecule has 2 rings (SSSR count). The van der Waals surface area contributed by atoms with Gasteiger partial charge in [0, 0.05) is 19.2 Å². The van der Waals surface area contributed by atoms with E-state index in [0.717, 1.165) is 25.5 Å². The Kier molecular flexibility index (Phi) is 4.32. The number of nitrogens with zero attached hydrogens (tertiary/aromatic N) is 1. The molecule has 0 radical (unpaired) electrons. The molecule has 1 unspecified atom stereocenters. The van der Waals surface area contributed by atoms with Crippen molar-refractivity contribution in [2.24, 2.45) is 0 Å². The molecule has 5 heteroatoms. The lowest BCUT2D eigenvalue weighted by molar-refractivity contribution is -0.132. The molecule has 0 saturated carbocycles. The number of alkyl halides is 1. The van der Waals surface area contributed by atoms with E-state index in [4.69, 9.17) is 0 Å². The Morgan fingerprint density at radius 3 is 2.61 bits per heavy atom. The van der Waals surface area contributed by atoms with Gasteiger partial charge in [0.2, 0.25) is 5.91 Å². The second-order valence-corrected chi connectivity index (χ2v) is 5.57. The van der Waals surface area contributed by atoms with E-state index in [2.05, 4.69) is 15.9 Å². The van der Waals surface area contributed by atoms with E-state index in [-0.39, 0.29) is 10.7 Å². The molecule has 1 aliphatic rings. The van der Waals surface area contributed by atoms with Gasteiger partial charge in [-0.1, -0.05) is 15.9 Å². The summed E-state index contributed by atoms with van der Waals surface area (Å²) < 4.78 is 26.0. The van der Waals surface area contributed by atoms with Crippen molar-refractivity contribution in [3.8, 4) is 0 Å². The Balaban J connectivity index is 1.96. The molecule has 98 valence electrons. The van der Waals surface area contributed by atoms with E-state index in [1.165, 1.54) is 12.1 Å². The minimum absolute atomic E-state index is 0.0677. The number of amides is 1. The minimum Gasteiger partial charge on any atom is -0.341 e. The van der Waals surface area contributed by atoms with Crippen LogP contribution in [0.4, 0.5) is 8.78 Å². The highest BCUT2D eigenvalue weighted by molar-refractivity contribution is 9.10. The summed E-state index contributed by atoms with van der Waals surface area (Å²) >= 11 is 3.33. The van der Waals surface area contributed by atoms with Crippen molar-refractivity contribution < 1.29 is 13.6 Å². The first kappa shape index (κ1) is 13.5. The van der Waals surface area contributed by atoms with Crippen LogP contribution in [0.25, 0.3) is 0 Å². The molecule has 18 heavy (non-hydrogen) atoms. The van der Waals surface area contributed by atoms with Gasteiger partial charge < -0.3 is 4.90 Å². The fourth-order valence-electron chi connectivity index (χ4n) is 2.13. The summed E-state index contributed by atoms with van der Waals surface area (Å²) in [5.74, 6) is -1.08. The zero-order valence-corrected chi connectivity index (χ0v) is 11.4. The molecular weight excluding hydrogens is 304 g/mol. The predicted octanol–water partition coefficient (Wildman–Crippen LogP) is 2.89. The summed E-state index contributed by atoms with van der Waals surface area (Å²) in [4.78, 5) is 13.4. The third-order valence-electron chi connectivity index (χ3n) is 3.06. The van der Waals surface area contributed by atoms with Crippen molar-refractivity contribution in [3.05, 3.63) is 35.4 Å². The van der Waals surface area contributed by atoms with Crippen molar-refractivity contribution in [3.63, 3.8) is 0 Å². The molecule has 1 fully saturated rings. The highest BCUT2D eigenvalue weighted by Gasteiger charge is 2.25. The maximum Gasteiger partial charge on any atom is 0.236 e. The molecule has 1 aliphatic heterocycles. The lowest BCUT2D eigenvalue weighted by Crippen LogP contribution is -2.42. The zero-order chi connectivity index (χ0) is 13.1. The second kappa shape index (κ2) is 5.78. The molecule has 2 nitrogen and oxygen atoms in total. The van der Waals surface area contributed by atoms with Crippen molar-refractivity contribution in [2.75, 3.05) is 13.1 Å². The predicted molar refractivity (Wildman–Crippen MR) is 68.6 cm³/mol. The van der Waals surface area contributed by atoms with E-state index in [1.54, 1.807) is 4.90 Å². The largest absolute Gasteiger partial charge is 0.341 e. The maximum atomic E-state index is 13.0. The molecule has 0 N–H and O–H groups in total. The molecule has 0 bridgehead atoms. The lowest BCUT2D eigenvalue weighted by atomic mass is 10.1. The minimum atomic E-state index is -0.576. The number of piperidine rings is 1. The van der Waals surface area contributed by atoms with Crippen LogP contribution in [-0.4, -0.2) is 28.7 Å². The van der Waals surface area contributed by atoms with Crippen molar-refractivity contribution in [1.82, 2.24) is 4.90 Å². The first-order chi connectivity index (χ1) is 8.56. The average Bonchev–Trinajstić information content (AvgIpc) is 2.30.